The van der Waals surface area contributed by atoms with E-state index in [1.54, 1.807) is 0 Å². The monoisotopic (exact) mass is 225 g/mol. The number of hydrogen-bond donors (Lipinski definition) is 0. The van der Waals surface area contributed by atoms with E-state index in [0.29, 0.717) is 0 Å². The van der Waals surface area contributed by atoms with Gasteiger partial charge in [-0.2, -0.15) is 0 Å². The Bertz CT molecular complexity index is 507. The fraction of sp³-hybridized carbons (Fsp3) is 0.312. The molecule has 0 N–H and O–H groups in total. The van der Waals surface area contributed by atoms with Gasteiger partial charge in [0, 0.05) is 11.8 Å². The van der Waals surface area contributed by atoms with Crippen molar-refractivity contribution in [1.29, 1.82) is 0 Å². The Kier molecular flexibility index (Phi) is 3.01. The van der Waals surface area contributed by atoms with Gasteiger partial charge in [0.1, 0.15) is 0 Å². The highest BCUT2D eigenvalue weighted by molar-refractivity contribution is 5.60. The van der Waals surface area contributed by atoms with Gasteiger partial charge in [0.25, 0.3) is 0 Å². The molecule has 1 aromatic carbocycles. The first-order valence-electron chi connectivity index (χ1n) is 6.01. The average Bonchev–Trinajstić information content (AvgIpc) is 2.29. The van der Waals surface area contributed by atoms with Crippen molar-refractivity contribution in [3.63, 3.8) is 0 Å². The molecule has 0 aliphatic heterocycles. The number of benzene rings is 1. The lowest BCUT2D eigenvalue weighted by molar-refractivity contribution is 0.585. The Morgan fingerprint density at radius 2 is 1.65 bits per heavy atom. The summed E-state index contributed by atoms with van der Waals surface area (Å²) in [6.45, 7) is 8.85. The fourth-order valence-corrected chi connectivity index (χ4v) is 2.10. The van der Waals surface area contributed by atoms with Gasteiger partial charge in [-0.1, -0.05) is 51.1 Å². The highest BCUT2D eigenvalue weighted by atomic mass is 14.7. The number of pyridine rings is 1. The van der Waals surface area contributed by atoms with E-state index in [0.717, 1.165) is 5.69 Å². The maximum Gasteiger partial charge on any atom is 0.0705 e. The number of aryl methyl sites for hydroxylation is 1. The lowest BCUT2D eigenvalue weighted by Crippen LogP contribution is -2.13. The molecule has 1 heterocycles. The minimum atomic E-state index is 0.163. The smallest absolute Gasteiger partial charge is 0.0705 e. The molecule has 0 fully saturated rings. The molecule has 0 spiro atoms. The number of aromatic nitrogens is 1. The number of nitrogens with zero attached hydrogens (tertiary/aromatic N) is 1. The van der Waals surface area contributed by atoms with Gasteiger partial charge in [-0.25, -0.2) is 0 Å². The van der Waals surface area contributed by atoms with Crippen molar-refractivity contribution >= 4 is 0 Å². The molecule has 0 atom stereocenters. The lowest BCUT2D eigenvalue weighted by Gasteiger charge is -2.22. The van der Waals surface area contributed by atoms with Crippen molar-refractivity contribution in [2.45, 2.75) is 33.1 Å². The van der Waals surface area contributed by atoms with Crippen LogP contribution in [0.15, 0.2) is 42.6 Å². The van der Waals surface area contributed by atoms with Gasteiger partial charge in [0.2, 0.25) is 0 Å². The SMILES string of the molecule is Cc1cnc(-c2ccccc2)cc1C(C)(C)C. The molecular weight excluding hydrogens is 206 g/mol. The Morgan fingerprint density at radius 3 is 2.24 bits per heavy atom. The summed E-state index contributed by atoms with van der Waals surface area (Å²) >= 11 is 0. The van der Waals surface area contributed by atoms with Crippen LogP contribution in [0.3, 0.4) is 0 Å². The molecule has 1 heteroatoms. The zero-order valence-electron chi connectivity index (χ0n) is 11.0. The van der Waals surface area contributed by atoms with Crippen LogP contribution in [-0.2, 0) is 5.41 Å². The third-order valence-electron chi connectivity index (χ3n) is 2.98. The third kappa shape index (κ3) is 2.55. The van der Waals surface area contributed by atoms with E-state index in [9.17, 15) is 0 Å². The van der Waals surface area contributed by atoms with Crippen molar-refractivity contribution in [3.8, 4) is 11.3 Å². The molecule has 1 nitrogen and oxygen atoms in total. The topological polar surface area (TPSA) is 12.9 Å². The van der Waals surface area contributed by atoms with Gasteiger partial charge in [-0.3, -0.25) is 4.98 Å². The van der Waals surface area contributed by atoms with E-state index in [1.807, 2.05) is 24.4 Å². The van der Waals surface area contributed by atoms with E-state index in [2.05, 4.69) is 50.9 Å². The van der Waals surface area contributed by atoms with Crippen molar-refractivity contribution < 1.29 is 0 Å². The van der Waals surface area contributed by atoms with E-state index < -0.39 is 0 Å². The first-order valence-corrected chi connectivity index (χ1v) is 6.01. The number of rotatable bonds is 1. The second kappa shape index (κ2) is 4.33. The minimum absolute atomic E-state index is 0.163. The van der Waals surface area contributed by atoms with Crippen LogP contribution >= 0.6 is 0 Å². The Balaban J connectivity index is 2.53. The van der Waals surface area contributed by atoms with Crippen LogP contribution in [-0.4, -0.2) is 4.98 Å². The first kappa shape index (κ1) is 11.8. The Hall–Kier alpha value is -1.63. The molecule has 17 heavy (non-hydrogen) atoms. The Labute approximate surface area is 104 Å². The summed E-state index contributed by atoms with van der Waals surface area (Å²) < 4.78 is 0. The predicted molar refractivity (Wildman–Crippen MR) is 73.1 cm³/mol. The summed E-state index contributed by atoms with van der Waals surface area (Å²) in [4.78, 5) is 4.52. The third-order valence-corrected chi connectivity index (χ3v) is 2.98. The van der Waals surface area contributed by atoms with E-state index in [1.165, 1.54) is 16.7 Å². The van der Waals surface area contributed by atoms with Crippen molar-refractivity contribution in [2.24, 2.45) is 0 Å². The van der Waals surface area contributed by atoms with Gasteiger partial charge >= 0.3 is 0 Å². The van der Waals surface area contributed by atoms with Crippen LogP contribution in [0.5, 0.6) is 0 Å². The maximum absolute atomic E-state index is 4.52. The zero-order chi connectivity index (χ0) is 12.5. The second-order valence-corrected chi connectivity index (χ2v) is 5.50. The highest BCUT2D eigenvalue weighted by Gasteiger charge is 2.17. The molecule has 0 bridgehead atoms. The summed E-state index contributed by atoms with van der Waals surface area (Å²) in [5.41, 5.74) is 5.03. The van der Waals surface area contributed by atoms with Crippen LogP contribution in [0.2, 0.25) is 0 Å². The summed E-state index contributed by atoms with van der Waals surface area (Å²) in [7, 11) is 0. The molecular formula is C16H19N. The molecule has 0 radical (unpaired) electrons. The van der Waals surface area contributed by atoms with Crippen molar-refractivity contribution in [3.05, 3.63) is 53.7 Å². The lowest BCUT2D eigenvalue weighted by atomic mass is 9.84. The van der Waals surface area contributed by atoms with Gasteiger partial charge < -0.3 is 0 Å². The first-order chi connectivity index (χ1) is 7.98. The maximum atomic E-state index is 4.52. The van der Waals surface area contributed by atoms with Crippen LogP contribution in [0.4, 0.5) is 0 Å². The summed E-state index contributed by atoms with van der Waals surface area (Å²) in [5.74, 6) is 0. The number of hydrogen-bond acceptors (Lipinski definition) is 1. The molecule has 0 amide bonds. The molecule has 0 saturated heterocycles. The minimum Gasteiger partial charge on any atom is -0.256 e. The molecule has 0 aliphatic rings. The van der Waals surface area contributed by atoms with Gasteiger partial charge in [-0.05, 0) is 29.5 Å². The van der Waals surface area contributed by atoms with Crippen LogP contribution in [0.25, 0.3) is 11.3 Å². The van der Waals surface area contributed by atoms with E-state index in [4.69, 9.17) is 0 Å². The van der Waals surface area contributed by atoms with Crippen LogP contribution in [0.1, 0.15) is 31.9 Å². The van der Waals surface area contributed by atoms with Gasteiger partial charge in [0.15, 0.2) is 0 Å². The Morgan fingerprint density at radius 1 is 1.00 bits per heavy atom. The summed E-state index contributed by atoms with van der Waals surface area (Å²) in [5, 5.41) is 0. The summed E-state index contributed by atoms with van der Waals surface area (Å²) in [6, 6.07) is 12.5. The van der Waals surface area contributed by atoms with Crippen LogP contribution < -0.4 is 0 Å². The highest BCUT2D eigenvalue weighted by Crippen LogP contribution is 2.28. The fourth-order valence-electron chi connectivity index (χ4n) is 2.10. The zero-order valence-corrected chi connectivity index (χ0v) is 11.0. The average molecular weight is 225 g/mol. The molecule has 2 aromatic rings. The molecule has 2 rings (SSSR count). The predicted octanol–water partition coefficient (Wildman–Crippen LogP) is 4.35. The van der Waals surface area contributed by atoms with E-state index in [-0.39, 0.29) is 5.41 Å². The van der Waals surface area contributed by atoms with Gasteiger partial charge in [0.05, 0.1) is 5.69 Å². The molecule has 88 valence electrons. The standard InChI is InChI=1S/C16H19N/c1-12-11-17-15(10-14(12)16(2,3)4)13-8-6-5-7-9-13/h5-11H,1-4H3. The quantitative estimate of drug-likeness (QED) is 0.703. The van der Waals surface area contributed by atoms with Crippen molar-refractivity contribution in [1.82, 2.24) is 4.98 Å². The largest absolute Gasteiger partial charge is 0.256 e. The van der Waals surface area contributed by atoms with Gasteiger partial charge in [-0.15, -0.1) is 0 Å². The normalized spacial score (nSPS) is 11.5. The second-order valence-electron chi connectivity index (χ2n) is 5.50. The molecule has 0 aliphatic carbocycles. The summed E-state index contributed by atoms with van der Waals surface area (Å²) in [6.07, 6.45) is 1.98. The van der Waals surface area contributed by atoms with Crippen LogP contribution in [0, 0.1) is 6.92 Å². The molecule has 1 aromatic heterocycles. The molecule has 0 saturated carbocycles. The van der Waals surface area contributed by atoms with E-state index >= 15 is 0 Å². The van der Waals surface area contributed by atoms with Crippen molar-refractivity contribution in [2.75, 3.05) is 0 Å². The molecule has 0 unspecified atom stereocenters.